The van der Waals surface area contributed by atoms with Gasteiger partial charge in [0.2, 0.25) is 5.91 Å². The molecule has 116 valence electrons. The molecule has 0 aliphatic rings. The van der Waals surface area contributed by atoms with Crippen LogP contribution in [0, 0.1) is 10.1 Å². The molecule has 0 saturated carbocycles. The van der Waals surface area contributed by atoms with E-state index in [0.717, 1.165) is 19.3 Å². The van der Waals surface area contributed by atoms with Crippen molar-refractivity contribution < 1.29 is 9.72 Å². The summed E-state index contributed by atoms with van der Waals surface area (Å²) in [6.07, 6.45) is 2.88. The van der Waals surface area contributed by atoms with Gasteiger partial charge in [0, 0.05) is 18.7 Å². The quantitative estimate of drug-likeness (QED) is 0.473. The molecule has 0 fully saturated rings. The normalized spacial score (nSPS) is 11.7. The van der Waals surface area contributed by atoms with Crippen molar-refractivity contribution in [2.45, 2.75) is 32.2 Å². The fourth-order valence-electron chi connectivity index (χ4n) is 1.94. The lowest BCUT2D eigenvalue weighted by atomic mass is 10.1. The maximum atomic E-state index is 11.8. The summed E-state index contributed by atoms with van der Waals surface area (Å²) in [6.45, 7) is 2.44. The van der Waals surface area contributed by atoms with Crippen LogP contribution in [0.25, 0.3) is 0 Å². The van der Waals surface area contributed by atoms with Gasteiger partial charge in [0.25, 0.3) is 5.69 Å². The van der Waals surface area contributed by atoms with E-state index >= 15 is 0 Å². The third-order valence-electron chi connectivity index (χ3n) is 3.10. The summed E-state index contributed by atoms with van der Waals surface area (Å²) in [5.41, 5.74) is 5.89. The lowest BCUT2D eigenvalue weighted by Crippen LogP contribution is -2.42. The van der Waals surface area contributed by atoms with Crippen LogP contribution in [0.5, 0.6) is 0 Å². The van der Waals surface area contributed by atoms with E-state index in [0.29, 0.717) is 12.2 Å². The minimum atomic E-state index is -0.482. The molecule has 4 N–H and O–H groups in total. The van der Waals surface area contributed by atoms with Crippen LogP contribution in [-0.2, 0) is 4.79 Å². The predicted molar refractivity (Wildman–Crippen MR) is 82.1 cm³/mol. The molecule has 1 aromatic carbocycles. The van der Waals surface area contributed by atoms with Gasteiger partial charge < -0.3 is 16.4 Å². The van der Waals surface area contributed by atoms with Crippen molar-refractivity contribution in [2.75, 3.05) is 18.4 Å². The predicted octanol–water partition coefficient (Wildman–Crippen LogP) is 1.64. The summed E-state index contributed by atoms with van der Waals surface area (Å²) < 4.78 is 0. The molecule has 1 atom stereocenters. The van der Waals surface area contributed by atoms with Gasteiger partial charge in [-0.15, -0.1) is 0 Å². The molecule has 1 amide bonds. The van der Waals surface area contributed by atoms with Crippen LogP contribution in [0.4, 0.5) is 11.4 Å². The van der Waals surface area contributed by atoms with E-state index in [9.17, 15) is 14.9 Å². The zero-order valence-electron chi connectivity index (χ0n) is 12.2. The van der Waals surface area contributed by atoms with Gasteiger partial charge in [0.15, 0.2) is 0 Å². The van der Waals surface area contributed by atoms with Crippen molar-refractivity contribution in [3.63, 3.8) is 0 Å². The topological polar surface area (TPSA) is 110 Å². The van der Waals surface area contributed by atoms with Crippen molar-refractivity contribution in [2.24, 2.45) is 5.73 Å². The smallest absolute Gasteiger partial charge is 0.292 e. The number of unbranched alkanes of at least 4 members (excludes halogenated alkanes) is 1. The molecule has 21 heavy (non-hydrogen) atoms. The Morgan fingerprint density at radius 1 is 1.43 bits per heavy atom. The molecular weight excluding hydrogens is 272 g/mol. The van der Waals surface area contributed by atoms with Gasteiger partial charge in [0.05, 0.1) is 11.5 Å². The van der Waals surface area contributed by atoms with Crippen LogP contribution in [0.1, 0.15) is 26.2 Å². The highest BCUT2D eigenvalue weighted by Crippen LogP contribution is 2.22. The van der Waals surface area contributed by atoms with E-state index in [2.05, 4.69) is 17.6 Å². The van der Waals surface area contributed by atoms with Gasteiger partial charge >= 0.3 is 0 Å². The Kier molecular flexibility index (Phi) is 7.17. The van der Waals surface area contributed by atoms with Gasteiger partial charge in [0.1, 0.15) is 5.69 Å². The first-order valence-corrected chi connectivity index (χ1v) is 7.05. The Bertz CT molecular complexity index is 479. The fraction of sp³-hybridized carbons (Fsp3) is 0.500. The molecule has 0 saturated heterocycles. The third kappa shape index (κ3) is 5.78. The number of nitrogens with zero attached hydrogens (tertiary/aromatic N) is 1. The Balaban J connectivity index is 2.51. The van der Waals surface area contributed by atoms with E-state index in [-0.39, 0.29) is 24.2 Å². The minimum Gasteiger partial charge on any atom is -0.371 e. The zero-order valence-corrected chi connectivity index (χ0v) is 12.2. The first-order valence-electron chi connectivity index (χ1n) is 7.05. The van der Waals surface area contributed by atoms with Crippen molar-refractivity contribution in [3.05, 3.63) is 34.4 Å². The van der Waals surface area contributed by atoms with Crippen LogP contribution in [-0.4, -0.2) is 30.0 Å². The number of nitro groups is 1. The Hall–Kier alpha value is -2.15. The van der Waals surface area contributed by atoms with Crippen LogP contribution in [0.3, 0.4) is 0 Å². The molecule has 0 radical (unpaired) electrons. The van der Waals surface area contributed by atoms with Gasteiger partial charge in [-0.2, -0.15) is 0 Å². The molecule has 0 spiro atoms. The Labute approximate surface area is 124 Å². The van der Waals surface area contributed by atoms with Gasteiger partial charge in [-0.05, 0) is 12.5 Å². The standard InChI is InChI=1S/C14H22N4O3/c1-2-3-6-11(9-15)17-14(19)10-16-12-7-4-5-8-13(12)18(20)21/h4-5,7-8,11,16H,2-3,6,9-10,15H2,1H3,(H,17,19). The van der Waals surface area contributed by atoms with Crippen molar-refractivity contribution >= 4 is 17.3 Å². The molecule has 0 aromatic heterocycles. The number of nitrogens with one attached hydrogen (secondary N) is 2. The summed E-state index contributed by atoms with van der Waals surface area (Å²) >= 11 is 0. The number of para-hydroxylation sites is 2. The average molecular weight is 294 g/mol. The number of hydrogen-bond donors (Lipinski definition) is 3. The van der Waals surface area contributed by atoms with E-state index in [1.807, 2.05) is 0 Å². The van der Waals surface area contributed by atoms with Crippen molar-refractivity contribution in [1.29, 1.82) is 0 Å². The molecule has 7 heteroatoms. The summed E-state index contributed by atoms with van der Waals surface area (Å²) in [4.78, 5) is 22.2. The number of amides is 1. The van der Waals surface area contributed by atoms with E-state index in [4.69, 9.17) is 5.73 Å². The highest BCUT2D eigenvalue weighted by atomic mass is 16.6. The molecule has 0 aliphatic carbocycles. The molecule has 0 aliphatic heterocycles. The highest BCUT2D eigenvalue weighted by Gasteiger charge is 2.14. The summed E-state index contributed by atoms with van der Waals surface area (Å²) in [6, 6.07) is 6.17. The largest absolute Gasteiger partial charge is 0.371 e. The van der Waals surface area contributed by atoms with Gasteiger partial charge in [-0.25, -0.2) is 0 Å². The number of nitrogens with two attached hydrogens (primary N) is 1. The third-order valence-corrected chi connectivity index (χ3v) is 3.10. The van der Waals surface area contributed by atoms with Gasteiger partial charge in [-0.3, -0.25) is 14.9 Å². The molecular formula is C14H22N4O3. The number of carbonyl (C=O) groups excluding carboxylic acids is 1. The summed E-state index contributed by atoms with van der Waals surface area (Å²) in [5, 5.41) is 16.5. The number of carbonyl (C=O) groups is 1. The molecule has 0 heterocycles. The maximum absolute atomic E-state index is 11.8. The van der Waals surface area contributed by atoms with Crippen LogP contribution < -0.4 is 16.4 Å². The number of hydrogen-bond acceptors (Lipinski definition) is 5. The molecule has 1 unspecified atom stereocenters. The second kappa shape index (κ2) is 8.91. The SMILES string of the molecule is CCCCC(CN)NC(=O)CNc1ccccc1[N+](=O)[O-]. The van der Waals surface area contributed by atoms with Crippen LogP contribution in [0.15, 0.2) is 24.3 Å². The highest BCUT2D eigenvalue weighted by molar-refractivity contribution is 5.81. The van der Waals surface area contributed by atoms with Crippen LogP contribution >= 0.6 is 0 Å². The lowest BCUT2D eigenvalue weighted by Gasteiger charge is -2.16. The fourth-order valence-corrected chi connectivity index (χ4v) is 1.94. The summed E-state index contributed by atoms with van der Waals surface area (Å²) in [7, 11) is 0. The minimum absolute atomic E-state index is 0.0204. The number of anilines is 1. The number of rotatable bonds is 9. The molecule has 7 nitrogen and oxygen atoms in total. The summed E-state index contributed by atoms with van der Waals surface area (Å²) in [5.74, 6) is -0.222. The van der Waals surface area contributed by atoms with E-state index in [1.54, 1.807) is 18.2 Å². The average Bonchev–Trinajstić information content (AvgIpc) is 2.49. The second-order valence-corrected chi connectivity index (χ2v) is 4.77. The number of nitro benzene ring substituents is 1. The van der Waals surface area contributed by atoms with Crippen molar-refractivity contribution in [1.82, 2.24) is 5.32 Å². The maximum Gasteiger partial charge on any atom is 0.292 e. The van der Waals surface area contributed by atoms with Crippen LogP contribution in [0.2, 0.25) is 0 Å². The van der Waals surface area contributed by atoms with Gasteiger partial charge in [-0.1, -0.05) is 31.9 Å². The lowest BCUT2D eigenvalue weighted by molar-refractivity contribution is -0.383. The Morgan fingerprint density at radius 3 is 2.76 bits per heavy atom. The first kappa shape index (κ1) is 16.9. The first-order chi connectivity index (χ1) is 10.1. The van der Waals surface area contributed by atoms with Crippen molar-refractivity contribution in [3.8, 4) is 0 Å². The number of benzene rings is 1. The molecule has 1 aromatic rings. The van der Waals surface area contributed by atoms with E-state index in [1.165, 1.54) is 6.07 Å². The monoisotopic (exact) mass is 294 g/mol. The Morgan fingerprint density at radius 2 is 2.14 bits per heavy atom. The zero-order chi connectivity index (χ0) is 15.7. The second-order valence-electron chi connectivity index (χ2n) is 4.77. The molecule has 0 bridgehead atoms. The van der Waals surface area contributed by atoms with E-state index < -0.39 is 4.92 Å². The molecule has 1 rings (SSSR count).